The Balaban J connectivity index is 1.96. The molecular weight excluding hydrogens is 318 g/mol. The van der Waals surface area contributed by atoms with Gasteiger partial charge in [-0.15, -0.1) is 0 Å². The van der Waals surface area contributed by atoms with Crippen molar-refractivity contribution in [3.8, 4) is 0 Å². The topological polar surface area (TPSA) is 23.5 Å². The molecule has 0 saturated heterocycles. The third kappa shape index (κ3) is 3.71. The first-order chi connectivity index (χ1) is 11.5. The number of benzene rings is 1. The molecule has 2 saturated carbocycles. The van der Waals surface area contributed by atoms with Gasteiger partial charge in [0.15, 0.2) is 0 Å². The Morgan fingerprint density at radius 1 is 1.12 bits per heavy atom. The molecule has 0 spiro atoms. The number of hydrogen-bond acceptors (Lipinski definition) is 2. The van der Waals surface area contributed by atoms with Gasteiger partial charge < -0.3 is 10.0 Å². The third-order valence-electron chi connectivity index (χ3n) is 5.91. The van der Waals surface area contributed by atoms with Crippen molar-refractivity contribution in [1.82, 2.24) is 4.90 Å². The number of nitrogens with zero attached hydrogens (tertiary/aromatic N) is 1. The Labute approximate surface area is 151 Å². The van der Waals surface area contributed by atoms with Gasteiger partial charge in [0.1, 0.15) is 0 Å². The van der Waals surface area contributed by atoms with Gasteiger partial charge in [-0.2, -0.15) is 0 Å². The molecule has 2 atom stereocenters. The largest absolute Gasteiger partial charge is 0.385 e. The molecule has 132 valence electrons. The van der Waals surface area contributed by atoms with Crippen LogP contribution in [0, 0.1) is 11.8 Å². The van der Waals surface area contributed by atoms with E-state index in [-0.39, 0.29) is 0 Å². The van der Waals surface area contributed by atoms with Gasteiger partial charge in [0, 0.05) is 17.5 Å². The van der Waals surface area contributed by atoms with Crippen LogP contribution >= 0.6 is 11.6 Å². The highest BCUT2D eigenvalue weighted by Gasteiger charge is 2.48. The first-order valence-electron chi connectivity index (χ1n) is 9.34. The summed E-state index contributed by atoms with van der Waals surface area (Å²) in [5.74, 6) is 0.754. The van der Waals surface area contributed by atoms with Crippen molar-refractivity contribution < 1.29 is 5.11 Å². The summed E-state index contributed by atoms with van der Waals surface area (Å²) < 4.78 is 0. The molecule has 0 amide bonds. The quantitative estimate of drug-likeness (QED) is 0.827. The van der Waals surface area contributed by atoms with Crippen molar-refractivity contribution in [1.29, 1.82) is 0 Å². The zero-order valence-corrected chi connectivity index (χ0v) is 15.7. The van der Waals surface area contributed by atoms with Crippen LogP contribution in [0.1, 0.15) is 50.5 Å². The normalized spacial score (nSPS) is 30.4. The van der Waals surface area contributed by atoms with E-state index in [9.17, 15) is 5.11 Å². The molecule has 2 nitrogen and oxygen atoms in total. The van der Waals surface area contributed by atoms with Crippen molar-refractivity contribution in [3.63, 3.8) is 0 Å². The Hall–Kier alpha value is -0.830. The first-order valence-corrected chi connectivity index (χ1v) is 9.71. The van der Waals surface area contributed by atoms with Gasteiger partial charge >= 0.3 is 0 Å². The highest BCUT2D eigenvalue weighted by molar-refractivity contribution is 6.30. The van der Waals surface area contributed by atoms with Gasteiger partial charge in [0.25, 0.3) is 0 Å². The molecular formula is C21H30ClNO. The third-order valence-corrected chi connectivity index (χ3v) is 6.16. The smallest absolute Gasteiger partial charge is 0.0928 e. The summed E-state index contributed by atoms with van der Waals surface area (Å²) in [4.78, 5) is 2.23. The van der Waals surface area contributed by atoms with Crippen LogP contribution in [-0.2, 0) is 0 Å². The molecule has 2 fully saturated rings. The van der Waals surface area contributed by atoms with E-state index < -0.39 is 5.60 Å². The summed E-state index contributed by atoms with van der Waals surface area (Å²) in [6.07, 6.45) is 10.4. The van der Waals surface area contributed by atoms with Gasteiger partial charge in [0.2, 0.25) is 0 Å². The lowest BCUT2D eigenvalue weighted by molar-refractivity contribution is -0.0581. The maximum Gasteiger partial charge on any atom is 0.0928 e. The van der Waals surface area contributed by atoms with E-state index in [1.54, 1.807) is 0 Å². The number of hydrogen-bond donors (Lipinski definition) is 1. The summed E-state index contributed by atoms with van der Waals surface area (Å²) in [6.45, 7) is 0.963. The number of rotatable bonds is 4. The lowest BCUT2D eigenvalue weighted by Crippen LogP contribution is -2.51. The van der Waals surface area contributed by atoms with E-state index in [4.69, 9.17) is 11.6 Å². The molecule has 1 N–H and O–H groups in total. The van der Waals surface area contributed by atoms with E-state index >= 15 is 0 Å². The maximum atomic E-state index is 11.9. The monoisotopic (exact) mass is 347 g/mol. The Kier molecular flexibility index (Phi) is 5.69. The number of aliphatic hydroxyl groups is 1. The van der Waals surface area contributed by atoms with Gasteiger partial charge in [0.05, 0.1) is 5.60 Å². The van der Waals surface area contributed by atoms with E-state index in [1.807, 2.05) is 12.1 Å². The Morgan fingerprint density at radius 3 is 2.42 bits per heavy atom. The molecule has 0 aliphatic heterocycles. The Bertz CT molecular complexity index is 574. The fourth-order valence-corrected chi connectivity index (χ4v) is 4.93. The summed E-state index contributed by atoms with van der Waals surface area (Å²) in [5, 5.41) is 12.7. The van der Waals surface area contributed by atoms with Crippen LogP contribution in [0.5, 0.6) is 0 Å². The minimum atomic E-state index is -0.640. The molecule has 0 radical (unpaired) electrons. The lowest BCUT2D eigenvalue weighted by Gasteiger charge is -2.47. The Morgan fingerprint density at radius 2 is 1.79 bits per heavy atom. The van der Waals surface area contributed by atoms with E-state index in [2.05, 4.69) is 37.2 Å². The van der Waals surface area contributed by atoms with E-state index in [1.165, 1.54) is 37.7 Å². The minimum absolute atomic E-state index is 0.336. The highest BCUT2D eigenvalue weighted by atomic mass is 35.5. The van der Waals surface area contributed by atoms with Gasteiger partial charge in [-0.1, -0.05) is 42.7 Å². The average Bonchev–Trinajstić information content (AvgIpc) is 3.08. The van der Waals surface area contributed by atoms with Crippen molar-refractivity contribution in [2.75, 3.05) is 20.6 Å². The molecule has 2 aliphatic rings. The fourth-order valence-electron chi connectivity index (χ4n) is 4.80. The van der Waals surface area contributed by atoms with Crippen LogP contribution < -0.4 is 0 Å². The van der Waals surface area contributed by atoms with Crippen molar-refractivity contribution in [2.45, 2.75) is 50.5 Å². The second kappa shape index (κ2) is 7.59. The second-order valence-electron chi connectivity index (χ2n) is 7.88. The van der Waals surface area contributed by atoms with Crippen molar-refractivity contribution >= 4 is 17.7 Å². The second-order valence-corrected chi connectivity index (χ2v) is 8.32. The molecule has 24 heavy (non-hydrogen) atoms. The van der Waals surface area contributed by atoms with E-state index in [0.717, 1.165) is 30.0 Å². The molecule has 3 heteroatoms. The summed E-state index contributed by atoms with van der Waals surface area (Å²) in [5.41, 5.74) is 1.75. The predicted molar refractivity (Wildman–Crippen MR) is 102 cm³/mol. The van der Waals surface area contributed by atoms with Crippen LogP contribution in [0.3, 0.4) is 0 Å². The van der Waals surface area contributed by atoms with E-state index in [0.29, 0.717) is 11.8 Å². The highest BCUT2D eigenvalue weighted by Crippen LogP contribution is 2.49. The molecule has 2 unspecified atom stereocenters. The zero-order valence-electron chi connectivity index (χ0n) is 15.0. The molecule has 1 aromatic rings. The standard InChI is InChI=1S/C21H30ClNO/c1-23(2)15-19-9-5-8-18(14-16-10-12-20(22)13-11-16)21(19,24)17-6-3-4-7-17/h10-14,17,19,24H,3-9,15H2,1-2H3/b18-14-. The summed E-state index contributed by atoms with van der Waals surface area (Å²) in [7, 11) is 4.23. The van der Waals surface area contributed by atoms with Crippen LogP contribution in [0.15, 0.2) is 29.8 Å². The summed E-state index contributed by atoms with van der Waals surface area (Å²) >= 11 is 6.02. The van der Waals surface area contributed by atoms with Crippen LogP contribution in [-0.4, -0.2) is 36.2 Å². The first kappa shape index (κ1) is 18.0. The number of halogens is 1. The van der Waals surface area contributed by atoms with Crippen molar-refractivity contribution in [3.05, 3.63) is 40.4 Å². The maximum absolute atomic E-state index is 11.9. The van der Waals surface area contributed by atoms with Gasteiger partial charge in [-0.3, -0.25) is 0 Å². The molecule has 2 aliphatic carbocycles. The van der Waals surface area contributed by atoms with Crippen LogP contribution in [0.4, 0.5) is 0 Å². The molecule has 0 bridgehead atoms. The predicted octanol–water partition coefficient (Wildman–Crippen LogP) is 5.01. The SMILES string of the molecule is CN(C)CC1CCC/C(=C/c2ccc(Cl)cc2)C1(O)C1CCCC1. The zero-order chi connectivity index (χ0) is 17.2. The van der Waals surface area contributed by atoms with Gasteiger partial charge in [-0.25, -0.2) is 0 Å². The summed E-state index contributed by atoms with van der Waals surface area (Å²) in [6, 6.07) is 7.98. The van der Waals surface area contributed by atoms with Crippen LogP contribution in [0.2, 0.25) is 5.02 Å². The average molecular weight is 348 g/mol. The van der Waals surface area contributed by atoms with Crippen LogP contribution in [0.25, 0.3) is 6.08 Å². The molecule has 3 rings (SSSR count). The van der Waals surface area contributed by atoms with Gasteiger partial charge in [-0.05, 0) is 75.4 Å². The fraction of sp³-hybridized carbons (Fsp3) is 0.619. The molecule has 1 aromatic carbocycles. The lowest BCUT2D eigenvalue weighted by atomic mass is 9.64. The minimum Gasteiger partial charge on any atom is -0.385 e. The molecule has 0 heterocycles. The molecule has 0 aromatic heterocycles. The van der Waals surface area contributed by atoms with Crippen molar-refractivity contribution in [2.24, 2.45) is 11.8 Å².